The standard InChI is InChI=1S/C31H50O3/c1-20(2)31(19-32)14-9-21(17-34-31)22-10-12-28(6)24-8-7-23-26(3,4)25(33)11-13-29(23)18-30(24,29)16-15-27(22,28)5/h20-24,32H,7-19H2,1-6H3/t21-,22+,23?,24-,27+,28-,29+,30?,31?/m0/s1. The molecule has 192 valence electrons. The fourth-order valence-corrected chi connectivity index (χ4v) is 11.9. The first-order chi connectivity index (χ1) is 15.9. The van der Waals surface area contributed by atoms with Crippen LogP contribution in [0.3, 0.4) is 0 Å². The van der Waals surface area contributed by atoms with Crippen LogP contribution in [0.2, 0.25) is 0 Å². The second-order valence-electron chi connectivity index (χ2n) is 15.3. The Kier molecular flexibility index (Phi) is 5.02. The molecule has 0 aromatic carbocycles. The van der Waals surface area contributed by atoms with Gasteiger partial charge < -0.3 is 9.84 Å². The van der Waals surface area contributed by atoms with Gasteiger partial charge in [-0.1, -0.05) is 41.5 Å². The highest BCUT2D eigenvalue weighted by molar-refractivity contribution is 5.86. The van der Waals surface area contributed by atoms with Crippen LogP contribution in [0.25, 0.3) is 0 Å². The maximum absolute atomic E-state index is 12.9. The summed E-state index contributed by atoms with van der Waals surface area (Å²) in [5.41, 5.74) is 1.41. The molecule has 2 spiro atoms. The number of hydrogen-bond acceptors (Lipinski definition) is 3. The van der Waals surface area contributed by atoms with Crippen molar-refractivity contribution in [2.45, 2.75) is 118 Å². The fraction of sp³-hybridized carbons (Fsp3) is 0.968. The van der Waals surface area contributed by atoms with Gasteiger partial charge in [-0.05, 0) is 115 Å². The van der Waals surface area contributed by atoms with E-state index in [0.29, 0.717) is 45.2 Å². The minimum atomic E-state index is -0.320. The normalized spacial score (nSPS) is 55.8. The quantitative estimate of drug-likeness (QED) is 0.493. The Hall–Kier alpha value is -0.410. The van der Waals surface area contributed by atoms with Crippen LogP contribution in [0.1, 0.15) is 112 Å². The Labute approximate surface area is 208 Å². The summed E-state index contributed by atoms with van der Waals surface area (Å²) in [4.78, 5) is 12.9. The van der Waals surface area contributed by atoms with Crippen LogP contribution in [0.5, 0.6) is 0 Å². The Morgan fingerprint density at radius 3 is 2.24 bits per heavy atom. The molecular weight excluding hydrogens is 420 g/mol. The first-order valence-corrected chi connectivity index (χ1v) is 14.7. The second-order valence-corrected chi connectivity index (χ2v) is 15.3. The lowest BCUT2D eigenvalue weighted by atomic mass is 9.42. The molecule has 0 aromatic rings. The number of rotatable bonds is 3. The number of hydrogen-bond donors (Lipinski definition) is 1. The molecule has 34 heavy (non-hydrogen) atoms. The minimum absolute atomic E-state index is 0.109. The third kappa shape index (κ3) is 2.60. The molecule has 5 aliphatic carbocycles. The Morgan fingerprint density at radius 2 is 1.59 bits per heavy atom. The first-order valence-electron chi connectivity index (χ1n) is 14.7. The predicted octanol–water partition coefficient (Wildman–Crippen LogP) is 6.81. The van der Waals surface area contributed by atoms with Crippen LogP contribution >= 0.6 is 0 Å². The van der Waals surface area contributed by atoms with E-state index in [1.165, 1.54) is 57.8 Å². The minimum Gasteiger partial charge on any atom is -0.393 e. The first kappa shape index (κ1) is 24.0. The van der Waals surface area contributed by atoms with E-state index >= 15 is 0 Å². The van der Waals surface area contributed by atoms with Gasteiger partial charge in [0.2, 0.25) is 0 Å². The molecule has 0 aromatic heterocycles. The van der Waals surface area contributed by atoms with Crippen LogP contribution in [-0.2, 0) is 9.53 Å². The molecule has 1 heterocycles. The third-order valence-electron chi connectivity index (χ3n) is 14.3. The van der Waals surface area contributed by atoms with E-state index < -0.39 is 0 Å². The number of aliphatic hydroxyl groups is 1. The number of carbonyl (C=O) groups excluding carboxylic acids is 1. The lowest BCUT2D eigenvalue weighted by Gasteiger charge is -2.63. The van der Waals surface area contributed by atoms with E-state index in [9.17, 15) is 9.90 Å². The SMILES string of the molecule is CC(C)C1(CO)CC[C@H]([C@H]2CC[C@@]3(C)[C@@H]4CCC5C(C)(C)C(=O)CC[C@@]56CC46CC[C@]23C)CO1. The van der Waals surface area contributed by atoms with Gasteiger partial charge in [0.15, 0.2) is 0 Å². The Balaban J connectivity index is 1.26. The number of fused-ring (bicyclic) bond motifs is 2. The highest BCUT2D eigenvalue weighted by atomic mass is 16.5. The highest BCUT2D eigenvalue weighted by Crippen LogP contribution is 2.88. The summed E-state index contributed by atoms with van der Waals surface area (Å²) >= 11 is 0. The molecule has 3 heteroatoms. The van der Waals surface area contributed by atoms with Gasteiger partial charge in [0.25, 0.3) is 0 Å². The van der Waals surface area contributed by atoms with E-state index in [4.69, 9.17) is 4.74 Å². The molecule has 3 nitrogen and oxygen atoms in total. The number of carbonyl (C=O) groups is 1. The number of ether oxygens (including phenoxy) is 1. The topological polar surface area (TPSA) is 46.5 Å². The van der Waals surface area contributed by atoms with Crippen molar-refractivity contribution < 1.29 is 14.6 Å². The molecular formula is C31H50O3. The molecule has 1 aliphatic heterocycles. The van der Waals surface area contributed by atoms with Crippen LogP contribution in [0, 0.1) is 56.7 Å². The summed E-state index contributed by atoms with van der Waals surface area (Å²) in [5.74, 6) is 3.78. The van der Waals surface area contributed by atoms with Gasteiger partial charge in [0.1, 0.15) is 5.78 Å². The molecule has 1 saturated heterocycles. The zero-order chi connectivity index (χ0) is 24.4. The molecule has 0 radical (unpaired) electrons. The second kappa shape index (κ2) is 7.12. The number of Topliss-reactive ketones (excluding diaryl/α,β-unsaturated/α-hetero) is 1. The molecule has 6 aliphatic rings. The van der Waals surface area contributed by atoms with Crippen molar-refractivity contribution in [2.24, 2.45) is 56.7 Å². The van der Waals surface area contributed by atoms with Gasteiger partial charge >= 0.3 is 0 Å². The van der Waals surface area contributed by atoms with Crippen LogP contribution < -0.4 is 0 Å². The number of ketones is 1. The molecule has 1 N–H and O–H groups in total. The molecule has 6 fully saturated rings. The molecule has 0 bridgehead atoms. The van der Waals surface area contributed by atoms with Crippen molar-refractivity contribution in [3.63, 3.8) is 0 Å². The lowest BCUT2D eigenvalue weighted by Crippen LogP contribution is -2.57. The van der Waals surface area contributed by atoms with Crippen LogP contribution in [0.15, 0.2) is 0 Å². The van der Waals surface area contributed by atoms with Crippen molar-refractivity contribution in [1.82, 2.24) is 0 Å². The summed E-state index contributed by atoms with van der Waals surface area (Å²) in [6.07, 6.45) is 13.8. The van der Waals surface area contributed by atoms with Gasteiger partial charge in [0.05, 0.1) is 18.8 Å². The summed E-state index contributed by atoms with van der Waals surface area (Å²) in [6, 6.07) is 0. The summed E-state index contributed by atoms with van der Waals surface area (Å²) in [7, 11) is 0. The Morgan fingerprint density at radius 1 is 0.882 bits per heavy atom. The van der Waals surface area contributed by atoms with Crippen LogP contribution in [-0.4, -0.2) is 29.7 Å². The van der Waals surface area contributed by atoms with E-state index in [-0.39, 0.29) is 17.6 Å². The lowest BCUT2D eigenvalue weighted by molar-refractivity contribution is -0.180. The summed E-state index contributed by atoms with van der Waals surface area (Å²) < 4.78 is 6.51. The van der Waals surface area contributed by atoms with E-state index in [1.807, 2.05) is 0 Å². The smallest absolute Gasteiger partial charge is 0.138 e. The summed E-state index contributed by atoms with van der Waals surface area (Å²) in [6.45, 7) is 15.3. The molecule has 0 amide bonds. The van der Waals surface area contributed by atoms with Crippen LogP contribution in [0.4, 0.5) is 0 Å². The molecule has 6 rings (SSSR count). The fourth-order valence-electron chi connectivity index (χ4n) is 11.9. The monoisotopic (exact) mass is 470 g/mol. The van der Waals surface area contributed by atoms with Crippen molar-refractivity contribution >= 4 is 5.78 Å². The van der Waals surface area contributed by atoms with Crippen molar-refractivity contribution in [2.75, 3.05) is 13.2 Å². The van der Waals surface area contributed by atoms with Crippen molar-refractivity contribution in [3.05, 3.63) is 0 Å². The average molecular weight is 471 g/mol. The highest BCUT2D eigenvalue weighted by Gasteiger charge is 2.82. The average Bonchev–Trinajstić information content (AvgIpc) is 3.39. The zero-order valence-electron chi connectivity index (χ0n) is 22.8. The van der Waals surface area contributed by atoms with Gasteiger partial charge in [-0.2, -0.15) is 0 Å². The summed E-state index contributed by atoms with van der Waals surface area (Å²) in [5, 5.41) is 10.1. The molecule has 5 saturated carbocycles. The van der Waals surface area contributed by atoms with Crippen molar-refractivity contribution in [3.8, 4) is 0 Å². The van der Waals surface area contributed by atoms with Gasteiger partial charge in [-0.15, -0.1) is 0 Å². The molecule has 3 unspecified atom stereocenters. The predicted molar refractivity (Wildman–Crippen MR) is 135 cm³/mol. The van der Waals surface area contributed by atoms with E-state index in [1.54, 1.807) is 0 Å². The molecule has 9 atom stereocenters. The Bertz CT molecular complexity index is 868. The largest absolute Gasteiger partial charge is 0.393 e. The number of aliphatic hydroxyl groups excluding tert-OH is 1. The van der Waals surface area contributed by atoms with Gasteiger partial charge in [0, 0.05) is 11.8 Å². The zero-order valence-corrected chi connectivity index (χ0v) is 22.8. The maximum atomic E-state index is 12.9. The maximum Gasteiger partial charge on any atom is 0.138 e. The van der Waals surface area contributed by atoms with E-state index in [2.05, 4.69) is 41.5 Å². The third-order valence-corrected chi connectivity index (χ3v) is 14.3. The van der Waals surface area contributed by atoms with Gasteiger partial charge in [-0.3, -0.25) is 4.79 Å². The van der Waals surface area contributed by atoms with E-state index in [0.717, 1.165) is 31.3 Å². The van der Waals surface area contributed by atoms with Gasteiger partial charge in [-0.25, -0.2) is 0 Å². The van der Waals surface area contributed by atoms with Crippen molar-refractivity contribution in [1.29, 1.82) is 0 Å².